The normalized spacial score (nSPS) is 12.2. The molecule has 0 saturated carbocycles. The van der Waals surface area contributed by atoms with Crippen LogP contribution < -0.4 is 0 Å². The quantitative estimate of drug-likeness (QED) is 0.434. The van der Waals surface area contributed by atoms with Gasteiger partial charge in [0.1, 0.15) is 6.10 Å². The van der Waals surface area contributed by atoms with E-state index in [-0.39, 0.29) is 42.8 Å². The fourth-order valence-corrected chi connectivity index (χ4v) is 1.26. The second kappa shape index (κ2) is 14.9. The number of rotatable bonds is 10. The van der Waals surface area contributed by atoms with Crippen LogP contribution in [-0.4, -0.2) is 65.7 Å². The van der Waals surface area contributed by atoms with Crippen LogP contribution in [-0.2, 0) is 4.74 Å². The average molecular weight is 228 g/mol. The van der Waals surface area contributed by atoms with Gasteiger partial charge in [0.05, 0.1) is 13.2 Å². The first-order valence-corrected chi connectivity index (χ1v) is 5.68. The summed E-state index contributed by atoms with van der Waals surface area (Å²) in [5.74, 6) is 0. The summed E-state index contributed by atoms with van der Waals surface area (Å²) in [6, 6.07) is 0. The molecule has 4 heteroatoms. The molecule has 0 aromatic rings. The average Bonchev–Trinajstić information content (AvgIpc) is 2.21. The number of aliphatic hydroxyl groups excluding tert-OH is 2. The number of hydrogen-bond donors (Lipinski definition) is 2. The van der Waals surface area contributed by atoms with Gasteiger partial charge in [-0.05, 0) is 6.42 Å². The molecular weight excluding hydrogens is 203 g/mol. The van der Waals surface area contributed by atoms with Gasteiger partial charge < -0.3 is 14.9 Å². The Kier molecular flexibility index (Phi) is 18.1. The van der Waals surface area contributed by atoms with Gasteiger partial charge in [0.2, 0.25) is 0 Å². The van der Waals surface area contributed by atoms with Crippen molar-refractivity contribution < 1.29 is 14.9 Å². The van der Waals surface area contributed by atoms with Gasteiger partial charge in [0.25, 0.3) is 0 Å². The Morgan fingerprint density at radius 2 is 1.67 bits per heavy atom. The van der Waals surface area contributed by atoms with Gasteiger partial charge >= 0.3 is 29.6 Å². The second-order valence-electron chi connectivity index (χ2n) is 3.68. The molecule has 15 heavy (non-hydrogen) atoms. The number of hydrogen-bond acceptors (Lipinski definition) is 3. The van der Waals surface area contributed by atoms with E-state index in [1.807, 2.05) is 0 Å². The van der Waals surface area contributed by atoms with Crippen molar-refractivity contribution in [2.45, 2.75) is 51.6 Å². The molecule has 0 aromatic heterocycles. The monoisotopic (exact) mass is 228 g/mol. The third-order valence-corrected chi connectivity index (χ3v) is 2.16. The summed E-state index contributed by atoms with van der Waals surface area (Å²) in [4.78, 5) is 0. The van der Waals surface area contributed by atoms with Crippen molar-refractivity contribution in [3.8, 4) is 0 Å². The van der Waals surface area contributed by atoms with Crippen LogP contribution in [0.15, 0.2) is 0 Å². The first kappa shape index (κ1) is 18.3. The Morgan fingerprint density at radius 1 is 1.07 bits per heavy atom. The van der Waals surface area contributed by atoms with E-state index in [4.69, 9.17) is 14.9 Å². The topological polar surface area (TPSA) is 49.7 Å². The molecule has 0 saturated heterocycles. The maximum absolute atomic E-state index is 8.96. The molecule has 0 fully saturated rings. The van der Waals surface area contributed by atoms with E-state index in [9.17, 15) is 0 Å². The van der Waals surface area contributed by atoms with Gasteiger partial charge in [-0.1, -0.05) is 39.0 Å². The molecule has 3 nitrogen and oxygen atoms in total. The van der Waals surface area contributed by atoms with E-state index < -0.39 is 6.10 Å². The molecule has 0 heterocycles. The predicted molar refractivity (Wildman–Crippen MR) is 64.4 cm³/mol. The summed E-state index contributed by atoms with van der Waals surface area (Å²) < 4.78 is 5.18. The zero-order valence-electron chi connectivity index (χ0n) is 9.24. The van der Waals surface area contributed by atoms with Gasteiger partial charge in [-0.2, -0.15) is 0 Å². The molecule has 0 aliphatic rings. The molecule has 0 spiro atoms. The molecular formula is C11H25NaO3. The Labute approximate surface area is 116 Å². The van der Waals surface area contributed by atoms with Crippen LogP contribution in [0.1, 0.15) is 45.4 Å². The van der Waals surface area contributed by atoms with Crippen LogP contribution in [0.3, 0.4) is 0 Å². The minimum atomic E-state index is -0.713. The van der Waals surface area contributed by atoms with Crippen molar-refractivity contribution in [1.82, 2.24) is 0 Å². The molecule has 0 radical (unpaired) electrons. The van der Waals surface area contributed by atoms with Crippen molar-refractivity contribution in [1.29, 1.82) is 0 Å². The van der Waals surface area contributed by atoms with E-state index in [1.54, 1.807) is 0 Å². The Balaban J connectivity index is 0. The van der Waals surface area contributed by atoms with Crippen LogP contribution in [0.25, 0.3) is 0 Å². The van der Waals surface area contributed by atoms with E-state index in [0.717, 1.165) is 6.42 Å². The zero-order chi connectivity index (χ0) is 10.6. The molecule has 88 valence electrons. The van der Waals surface area contributed by atoms with Gasteiger partial charge in [-0.3, -0.25) is 0 Å². The molecule has 0 aliphatic carbocycles. The van der Waals surface area contributed by atoms with E-state index >= 15 is 0 Å². The summed E-state index contributed by atoms with van der Waals surface area (Å²) >= 11 is 0. The van der Waals surface area contributed by atoms with Gasteiger partial charge in [-0.25, -0.2) is 0 Å². The first-order valence-electron chi connectivity index (χ1n) is 5.68. The standard InChI is InChI=1S/C11H24O3.Na.H/c1-2-3-4-5-6-7-8-14-10-11(13)9-12;;/h11-13H,2-10H2,1H3;;. The number of unbranched alkanes of at least 4 members (excludes halogenated alkanes) is 5. The summed E-state index contributed by atoms with van der Waals surface area (Å²) in [5.41, 5.74) is 0. The maximum atomic E-state index is 8.96. The van der Waals surface area contributed by atoms with Crippen LogP contribution in [0, 0.1) is 0 Å². The third-order valence-electron chi connectivity index (χ3n) is 2.16. The molecule has 0 rings (SSSR count). The van der Waals surface area contributed by atoms with Crippen molar-refractivity contribution in [2.24, 2.45) is 0 Å². The van der Waals surface area contributed by atoms with Crippen molar-refractivity contribution in [3.05, 3.63) is 0 Å². The van der Waals surface area contributed by atoms with Crippen LogP contribution in [0.2, 0.25) is 0 Å². The fourth-order valence-electron chi connectivity index (χ4n) is 1.26. The van der Waals surface area contributed by atoms with E-state index in [2.05, 4.69) is 6.92 Å². The van der Waals surface area contributed by atoms with Crippen LogP contribution in [0.5, 0.6) is 0 Å². The van der Waals surface area contributed by atoms with Gasteiger partial charge in [0.15, 0.2) is 0 Å². The van der Waals surface area contributed by atoms with Crippen LogP contribution >= 0.6 is 0 Å². The number of ether oxygens (including phenoxy) is 1. The SMILES string of the molecule is CCCCCCCCOCC(O)CO.[NaH]. The molecule has 2 N–H and O–H groups in total. The molecule has 0 bridgehead atoms. The number of aliphatic hydroxyl groups is 2. The summed E-state index contributed by atoms with van der Waals surface area (Å²) in [7, 11) is 0. The van der Waals surface area contributed by atoms with E-state index in [1.165, 1.54) is 32.1 Å². The van der Waals surface area contributed by atoms with Crippen molar-refractivity contribution in [2.75, 3.05) is 19.8 Å². The van der Waals surface area contributed by atoms with Crippen molar-refractivity contribution >= 4 is 29.6 Å². The Bertz CT molecular complexity index is 112. The molecule has 0 aliphatic heterocycles. The van der Waals surface area contributed by atoms with Crippen molar-refractivity contribution in [3.63, 3.8) is 0 Å². The molecule has 1 unspecified atom stereocenters. The molecule has 0 aromatic carbocycles. The van der Waals surface area contributed by atoms with Gasteiger partial charge in [-0.15, -0.1) is 0 Å². The van der Waals surface area contributed by atoms with Crippen LogP contribution in [0.4, 0.5) is 0 Å². The summed E-state index contributed by atoms with van der Waals surface area (Å²) in [5, 5.41) is 17.5. The summed E-state index contributed by atoms with van der Waals surface area (Å²) in [6.07, 6.45) is 6.74. The second-order valence-corrected chi connectivity index (χ2v) is 3.68. The summed E-state index contributed by atoms with van der Waals surface area (Å²) in [6.45, 7) is 2.95. The Hall–Kier alpha value is 0.880. The molecule has 0 amide bonds. The molecule has 1 atom stereocenters. The predicted octanol–water partition coefficient (Wildman–Crippen LogP) is 1.07. The third kappa shape index (κ3) is 14.9. The minimum absolute atomic E-state index is 0. The fraction of sp³-hybridized carbons (Fsp3) is 1.00. The van der Waals surface area contributed by atoms with Gasteiger partial charge in [0, 0.05) is 6.61 Å². The van der Waals surface area contributed by atoms with E-state index in [0.29, 0.717) is 6.61 Å². The first-order chi connectivity index (χ1) is 6.81. The zero-order valence-corrected chi connectivity index (χ0v) is 9.24. The Morgan fingerprint density at radius 3 is 2.27 bits per heavy atom.